The van der Waals surface area contributed by atoms with Crippen LogP contribution in [0.4, 0.5) is 18.9 Å². The summed E-state index contributed by atoms with van der Waals surface area (Å²) >= 11 is 0. The summed E-state index contributed by atoms with van der Waals surface area (Å²) in [6, 6.07) is 10.2. The number of esters is 2. The van der Waals surface area contributed by atoms with E-state index < -0.39 is 36.2 Å². The lowest BCUT2D eigenvalue weighted by Crippen LogP contribution is -2.20. The van der Waals surface area contributed by atoms with E-state index in [-0.39, 0.29) is 5.56 Å². The SMILES string of the molecule is COC(=O)c1ccc(NC(=O)COC(=O)/C=C/c2cccc(C(F)(F)F)c2)cc1. The van der Waals surface area contributed by atoms with E-state index in [4.69, 9.17) is 4.74 Å². The summed E-state index contributed by atoms with van der Waals surface area (Å²) in [5, 5.41) is 2.46. The molecule has 0 radical (unpaired) electrons. The number of ether oxygens (including phenoxy) is 2. The van der Waals surface area contributed by atoms with Crippen molar-refractivity contribution in [2.45, 2.75) is 6.18 Å². The fourth-order valence-corrected chi connectivity index (χ4v) is 2.17. The van der Waals surface area contributed by atoms with Gasteiger partial charge in [0, 0.05) is 11.8 Å². The second kappa shape index (κ2) is 9.54. The van der Waals surface area contributed by atoms with Crippen molar-refractivity contribution >= 4 is 29.6 Å². The first-order valence-electron chi connectivity index (χ1n) is 8.19. The van der Waals surface area contributed by atoms with E-state index in [0.29, 0.717) is 11.3 Å². The van der Waals surface area contributed by atoms with Gasteiger partial charge in [-0.1, -0.05) is 12.1 Å². The van der Waals surface area contributed by atoms with Crippen LogP contribution in [0.3, 0.4) is 0 Å². The number of carbonyl (C=O) groups is 3. The molecule has 0 bridgehead atoms. The number of hydrogen-bond acceptors (Lipinski definition) is 5. The maximum absolute atomic E-state index is 12.7. The van der Waals surface area contributed by atoms with E-state index in [1.807, 2.05) is 0 Å². The van der Waals surface area contributed by atoms with Gasteiger partial charge in [0.25, 0.3) is 5.91 Å². The van der Waals surface area contributed by atoms with Gasteiger partial charge in [0.2, 0.25) is 0 Å². The summed E-state index contributed by atoms with van der Waals surface area (Å²) < 4.78 is 47.3. The quantitative estimate of drug-likeness (QED) is 0.584. The van der Waals surface area contributed by atoms with Crippen LogP contribution in [-0.2, 0) is 25.2 Å². The summed E-state index contributed by atoms with van der Waals surface area (Å²) in [6.07, 6.45) is -2.41. The van der Waals surface area contributed by atoms with Crippen LogP contribution in [0.15, 0.2) is 54.6 Å². The maximum atomic E-state index is 12.7. The lowest BCUT2D eigenvalue weighted by Gasteiger charge is -2.07. The van der Waals surface area contributed by atoms with E-state index in [0.717, 1.165) is 24.3 Å². The Morgan fingerprint density at radius 3 is 2.38 bits per heavy atom. The summed E-state index contributed by atoms with van der Waals surface area (Å²) in [5.41, 5.74) is -0.00704. The normalized spacial score (nSPS) is 11.2. The number of nitrogens with one attached hydrogen (secondary N) is 1. The van der Waals surface area contributed by atoms with Crippen LogP contribution in [0, 0.1) is 0 Å². The van der Waals surface area contributed by atoms with Gasteiger partial charge < -0.3 is 14.8 Å². The molecular weight excluding hydrogens is 391 g/mol. The molecule has 9 heteroatoms. The summed E-state index contributed by atoms with van der Waals surface area (Å²) in [4.78, 5) is 34.8. The standard InChI is InChI=1S/C20H16F3NO5/c1-28-19(27)14-6-8-16(9-7-14)24-17(25)12-29-18(26)10-5-13-3-2-4-15(11-13)20(21,22)23/h2-11H,12H2,1H3,(H,24,25)/b10-5+. The third-order valence-electron chi connectivity index (χ3n) is 3.56. The number of hydrogen-bond donors (Lipinski definition) is 1. The monoisotopic (exact) mass is 407 g/mol. The number of benzene rings is 2. The molecule has 0 aliphatic carbocycles. The van der Waals surface area contributed by atoms with Gasteiger partial charge >= 0.3 is 18.1 Å². The molecular formula is C20H16F3NO5. The van der Waals surface area contributed by atoms with Crippen molar-refractivity contribution in [2.75, 3.05) is 19.0 Å². The lowest BCUT2D eigenvalue weighted by molar-refractivity contribution is -0.142. The molecule has 0 unspecified atom stereocenters. The fraction of sp³-hybridized carbons (Fsp3) is 0.150. The second-order valence-corrected chi connectivity index (χ2v) is 5.68. The molecule has 0 saturated carbocycles. The van der Waals surface area contributed by atoms with Crippen molar-refractivity contribution in [1.29, 1.82) is 0 Å². The van der Waals surface area contributed by atoms with E-state index in [9.17, 15) is 27.6 Å². The highest BCUT2D eigenvalue weighted by Gasteiger charge is 2.30. The molecule has 29 heavy (non-hydrogen) atoms. The van der Waals surface area contributed by atoms with Gasteiger partial charge in [0.1, 0.15) is 0 Å². The van der Waals surface area contributed by atoms with Crippen molar-refractivity contribution in [1.82, 2.24) is 0 Å². The third-order valence-corrected chi connectivity index (χ3v) is 3.56. The van der Waals surface area contributed by atoms with Crippen LogP contribution in [0.2, 0.25) is 0 Å². The van der Waals surface area contributed by atoms with Gasteiger partial charge in [-0.2, -0.15) is 13.2 Å². The average molecular weight is 407 g/mol. The van der Waals surface area contributed by atoms with Gasteiger partial charge in [-0.3, -0.25) is 4.79 Å². The second-order valence-electron chi connectivity index (χ2n) is 5.68. The molecule has 2 aromatic carbocycles. The van der Waals surface area contributed by atoms with Gasteiger partial charge in [-0.15, -0.1) is 0 Å². The first-order chi connectivity index (χ1) is 13.7. The number of methoxy groups -OCH3 is 1. The Morgan fingerprint density at radius 1 is 1.07 bits per heavy atom. The number of carbonyl (C=O) groups excluding carboxylic acids is 3. The largest absolute Gasteiger partial charge is 0.465 e. The fourth-order valence-electron chi connectivity index (χ4n) is 2.17. The first-order valence-corrected chi connectivity index (χ1v) is 8.19. The molecule has 1 N–H and O–H groups in total. The Labute approximate surface area is 163 Å². The highest BCUT2D eigenvalue weighted by Crippen LogP contribution is 2.29. The van der Waals surface area contributed by atoms with E-state index in [1.54, 1.807) is 0 Å². The predicted octanol–water partition coefficient (Wildman–Crippen LogP) is 3.69. The number of rotatable bonds is 6. The molecule has 0 atom stereocenters. The van der Waals surface area contributed by atoms with Gasteiger partial charge in [-0.25, -0.2) is 9.59 Å². The molecule has 6 nitrogen and oxygen atoms in total. The smallest absolute Gasteiger partial charge is 0.416 e. The molecule has 0 spiro atoms. The third kappa shape index (κ3) is 6.80. The van der Waals surface area contributed by atoms with Crippen molar-refractivity contribution in [3.63, 3.8) is 0 Å². The highest BCUT2D eigenvalue weighted by molar-refractivity contribution is 5.95. The molecule has 0 fully saturated rings. The van der Waals surface area contributed by atoms with Crippen molar-refractivity contribution < 1.29 is 37.0 Å². The van der Waals surface area contributed by atoms with Crippen LogP contribution in [0.1, 0.15) is 21.5 Å². The van der Waals surface area contributed by atoms with E-state index in [2.05, 4.69) is 10.1 Å². The van der Waals surface area contributed by atoms with Crippen LogP contribution in [-0.4, -0.2) is 31.6 Å². The molecule has 2 rings (SSSR count). The maximum Gasteiger partial charge on any atom is 0.416 e. The topological polar surface area (TPSA) is 81.7 Å². The van der Waals surface area contributed by atoms with Crippen LogP contribution < -0.4 is 5.32 Å². The summed E-state index contributed by atoms with van der Waals surface area (Å²) in [7, 11) is 1.24. The minimum atomic E-state index is -4.49. The van der Waals surface area contributed by atoms with Crippen LogP contribution in [0.25, 0.3) is 6.08 Å². The molecule has 0 heterocycles. The Hall–Kier alpha value is -3.62. The number of amides is 1. The zero-order chi connectivity index (χ0) is 21.4. The van der Waals surface area contributed by atoms with Gasteiger partial charge in [0.15, 0.2) is 6.61 Å². The van der Waals surface area contributed by atoms with Crippen LogP contribution in [0.5, 0.6) is 0 Å². The zero-order valence-electron chi connectivity index (χ0n) is 15.2. The Bertz CT molecular complexity index is 920. The van der Waals surface area contributed by atoms with Crippen molar-refractivity contribution in [2.24, 2.45) is 0 Å². The molecule has 0 saturated heterocycles. The zero-order valence-corrected chi connectivity index (χ0v) is 15.2. The predicted molar refractivity (Wildman–Crippen MR) is 97.8 cm³/mol. The molecule has 0 aromatic heterocycles. The van der Waals surface area contributed by atoms with Crippen molar-refractivity contribution in [3.05, 3.63) is 71.3 Å². The Morgan fingerprint density at radius 2 is 1.76 bits per heavy atom. The summed E-state index contributed by atoms with van der Waals surface area (Å²) in [6.45, 7) is -0.593. The number of alkyl halides is 3. The highest BCUT2D eigenvalue weighted by atomic mass is 19.4. The minimum Gasteiger partial charge on any atom is -0.465 e. The first kappa shape index (κ1) is 21.7. The van der Waals surface area contributed by atoms with Gasteiger partial charge in [0.05, 0.1) is 18.2 Å². The van der Waals surface area contributed by atoms with Gasteiger partial charge in [-0.05, 0) is 48.0 Å². The molecule has 2 aromatic rings. The Kier molecular flexibility index (Phi) is 7.13. The van der Waals surface area contributed by atoms with E-state index >= 15 is 0 Å². The number of halogens is 3. The lowest BCUT2D eigenvalue weighted by atomic mass is 10.1. The minimum absolute atomic E-state index is 0.159. The summed E-state index contributed by atoms with van der Waals surface area (Å²) in [5.74, 6) is -2.04. The molecule has 1 amide bonds. The van der Waals surface area contributed by atoms with Crippen molar-refractivity contribution in [3.8, 4) is 0 Å². The average Bonchev–Trinajstić information content (AvgIpc) is 2.70. The molecule has 152 valence electrons. The van der Waals surface area contributed by atoms with E-state index in [1.165, 1.54) is 43.5 Å². The molecule has 0 aliphatic rings. The van der Waals surface area contributed by atoms with Crippen LogP contribution >= 0.6 is 0 Å². The Balaban J connectivity index is 1.85. The molecule has 0 aliphatic heterocycles. The number of anilines is 1.